The van der Waals surface area contributed by atoms with Crippen molar-refractivity contribution in [2.45, 2.75) is 31.7 Å². The van der Waals surface area contributed by atoms with Crippen molar-refractivity contribution >= 4 is 27.3 Å². The van der Waals surface area contributed by atoms with Gasteiger partial charge in [-0.2, -0.15) is 0 Å². The molecule has 1 aliphatic rings. The number of amides is 1. The maximum absolute atomic E-state index is 11.9. The van der Waals surface area contributed by atoms with Crippen molar-refractivity contribution in [1.82, 2.24) is 5.32 Å². The van der Waals surface area contributed by atoms with Crippen LogP contribution in [-0.2, 0) is 14.8 Å². The molecule has 2 rings (SSSR count). The smallest absolute Gasteiger partial charge is 0.229 e. The molecule has 0 saturated carbocycles. The van der Waals surface area contributed by atoms with Gasteiger partial charge in [0.1, 0.15) is 0 Å². The molecule has 1 aromatic carbocycles. The maximum atomic E-state index is 11.9. The number of hydrogen-bond donors (Lipinski definition) is 3. The molecule has 1 amide bonds. The van der Waals surface area contributed by atoms with E-state index >= 15 is 0 Å². The van der Waals surface area contributed by atoms with Gasteiger partial charge in [0.05, 0.1) is 11.9 Å². The molecule has 1 aromatic rings. The van der Waals surface area contributed by atoms with E-state index in [4.69, 9.17) is 0 Å². The minimum Gasteiger partial charge on any atom is -0.326 e. The summed E-state index contributed by atoms with van der Waals surface area (Å²) < 4.78 is 24.7. The van der Waals surface area contributed by atoms with Crippen LogP contribution in [0.2, 0.25) is 0 Å². The number of sulfonamides is 1. The Balaban J connectivity index is 1.86. The molecule has 0 aromatic heterocycles. The Kier molecular flexibility index (Phi) is 5.19. The molecule has 1 fully saturated rings. The molecule has 116 valence electrons. The monoisotopic (exact) mass is 311 g/mol. The highest BCUT2D eigenvalue weighted by molar-refractivity contribution is 7.92. The minimum atomic E-state index is -3.31. The van der Waals surface area contributed by atoms with Crippen molar-refractivity contribution in [2.75, 3.05) is 22.8 Å². The number of nitrogens with one attached hydrogen (secondary N) is 3. The van der Waals surface area contributed by atoms with Crippen molar-refractivity contribution in [3.05, 3.63) is 24.3 Å². The highest BCUT2D eigenvalue weighted by Crippen LogP contribution is 2.17. The van der Waals surface area contributed by atoms with Crippen LogP contribution in [0.25, 0.3) is 0 Å². The van der Waals surface area contributed by atoms with Crippen LogP contribution in [0.3, 0.4) is 0 Å². The third-order valence-electron chi connectivity index (χ3n) is 3.33. The van der Waals surface area contributed by atoms with Crippen LogP contribution in [0.4, 0.5) is 11.4 Å². The van der Waals surface area contributed by atoms with Crippen molar-refractivity contribution in [1.29, 1.82) is 0 Å². The number of carbonyl (C=O) groups is 1. The van der Waals surface area contributed by atoms with Gasteiger partial charge in [0, 0.05) is 18.2 Å². The van der Waals surface area contributed by atoms with E-state index in [2.05, 4.69) is 15.4 Å². The maximum Gasteiger partial charge on any atom is 0.229 e. The molecule has 1 heterocycles. The van der Waals surface area contributed by atoms with Gasteiger partial charge in [-0.25, -0.2) is 8.42 Å². The Morgan fingerprint density at radius 3 is 2.81 bits per heavy atom. The van der Waals surface area contributed by atoms with E-state index in [0.29, 0.717) is 23.8 Å². The summed E-state index contributed by atoms with van der Waals surface area (Å²) in [4.78, 5) is 11.9. The molecule has 1 unspecified atom stereocenters. The topological polar surface area (TPSA) is 87.3 Å². The molecule has 0 radical (unpaired) electrons. The molecule has 3 N–H and O–H groups in total. The normalized spacial score (nSPS) is 18.4. The molecular formula is C14H21N3O3S. The summed E-state index contributed by atoms with van der Waals surface area (Å²) >= 11 is 0. The largest absolute Gasteiger partial charge is 0.326 e. The third-order valence-corrected chi connectivity index (χ3v) is 3.94. The van der Waals surface area contributed by atoms with E-state index in [1.54, 1.807) is 24.3 Å². The summed E-state index contributed by atoms with van der Waals surface area (Å²) in [6.45, 7) is 1.03. The summed E-state index contributed by atoms with van der Waals surface area (Å²) in [5.74, 6) is -0.0554. The van der Waals surface area contributed by atoms with E-state index in [-0.39, 0.29) is 5.91 Å². The predicted molar refractivity (Wildman–Crippen MR) is 83.8 cm³/mol. The second kappa shape index (κ2) is 6.91. The number of carbonyl (C=O) groups excluding carboxylic acids is 1. The first-order chi connectivity index (χ1) is 9.92. The van der Waals surface area contributed by atoms with Crippen LogP contribution >= 0.6 is 0 Å². The fourth-order valence-corrected chi connectivity index (χ4v) is 2.96. The number of hydrogen-bond acceptors (Lipinski definition) is 4. The average molecular weight is 311 g/mol. The minimum absolute atomic E-state index is 0.0554. The lowest BCUT2D eigenvalue weighted by Crippen LogP contribution is -2.23. The molecule has 21 heavy (non-hydrogen) atoms. The van der Waals surface area contributed by atoms with Crippen LogP contribution in [-0.4, -0.2) is 33.2 Å². The highest BCUT2D eigenvalue weighted by atomic mass is 32.2. The first-order valence-corrected chi connectivity index (χ1v) is 8.92. The van der Waals surface area contributed by atoms with E-state index in [1.165, 1.54) is 6.42 Å². The summed E-state index contributed by atoms with van der Waals surface area (Å²) in [5, 5.41) is 6.14. The molecule has 1 atom stereocenters. The van der Waals surface area contributed by atoms with Crippen LogP contribution in [0.15, 0.2) is 24.3 Å². The summed E-state index contributed by atoms with van der Waals surface area (Å²) in [6, 6.07) is 7.11. The zero-order valence-electron chi connectivity index (χ0n) is 12.1. The fourth-order valence-electron chi connectivity index (χ4n) is 2.41. The SMILES string of the molecule is CS(=O)(=O)Nc1cccc(NC(=O)CCC2CCCN2)c1. The average Bonchev–Trinajstić information content (AvgIpc) is 2.87. The number of rotatable bonds is 6. The molecule has 7 heteroatoms. The standard InChI is InChI=1S/C14H21N3O3S/c1-21(19,20)17-13-5-2-4-12(10-13)16-14(18)8-7-11-6-3-9-15-11/h2,4-5,10-11,15,17H,3,6-9H2,1H3,(H,16,18). The van der Waals surface area contributed by atoms with Gasteiger partial charge in [-0.15, -0.1) is 0 Å². The first kappa shape index (κ1) is 15.8. The van der Waals surface area contributed by atoms with Gasteiger partial charge in [-0.05, 0) is 44.0 Å². The summed E-state index contributed by atoms with van der Waals surface area (Å²) in [5.41, 5.74) is 1.03. The Morgan fingerprint density at radius 2 is 2.14 bits per heavy atom. The van der Waals surface area contributed by atoms with Gasteiger partial charge in [-0.3, -0.25) is 9.52 Å². The van der Waals surface area contributed by atoms with Gasteiger partial charge in [0.25, 0.3) is 0 Å². The number of benzene rings is 1. The van der Waals surface area contributed by atoms with Gasteiger partial charge < -0.3 is 10.6 Å². The predicted octanol–water partition coefficient (Wildman–Crippen LogP) is 1.53. The van der Waals surface area contributed by atoms with Crippen LogP contribution in [0.1, 0.15) is 25.7 Å². The van der Waals surface area contributed by atoms with Crippen molar-refractivity contribution in [2.24, 2.45) is 0 Å². The van der Waals surface area contributed by atoms with Crippen LogP contribution in [0.5, 0.6) is 0 Å². The van der Waals surface area contributed by atoms with Gasteiger partial charge >= 0.3 is 0 Å². The summed E-state index contributed by atoms with van der Waals surface area (Å²) in [7, 11) is -3.31. The molecule has 0 aliphatic carbocycles. The van der Waals surface area contributed by atoms with Gasteiger partial charge in [-0.1, -0.05) is 6.07 Å². The first-order valence-electron chi connectivity index (χ1n) is 7.03. The van der Waals surface area contributed by atoms with E-state index in [1.807, 2.05) is 0 Å². The van der Waals surface area contributed by atoms with Crippen LogP contribution in [0, 0.1) is 0 Å². The van der Waals surface area contributed by atoms with E-state index in [9.17, 15) is 13.2 Å². The fraction of sp³-hybridized carbons (Fsp3) is 0.500. The van der Waals surface area contributed by atoms with Crippen molar-refractivity contribution in [3.8, 4) is 0 Å². The highest BCUT2D eigenvalue weighted by Gasteiger charge is 2.15. The van der Waals surface area contributed by atoms with Gasteiger partial charge in [0.2, 0.25) is 15.9 Å². The molecule has 1 aliphatic heterocycles. The lowest BCUT2D eigenvalue weighted by Gasteiger charge is -2.11. The van der Waals surface area contributed by atoms with E-state index < -0.39 is 10.0 Å². The number of anilines is 2. The third kappa shape index (κ3) is 5.73. The van der Waals surface area contributed by atoms with Crippen molar-refractivity contribution in [3.63, 3.8) is 0 Å². The zero-order chi connectivity index (χ0) is 15.3. The van der Waals surface area contributed by atoms with Gasteiger partial charge in [0.15, 0.2) is 0 Å². The lowest BCUT2D eigenvalue weighted by atomic mass is 10.1. The molecule has 0 bridgehead atoms. The lowest BCUT2D eigenvalue weighted by molar-refractivity contribution is -0.116. The molecule has 1 saturated heterocycles. The molecular weight excluding hydrogens is 290 g/mol. The molecule has 0 spiro atoms. The Labute approximate surface area is 125 Å². The zero-order valence-corrected chi connectivity index (χ0v) is 12.9. The summed E-state index contributed by atoms with van der Waals surface area (Å²) in [6.07, 6.45) is 4.67. The Bertz CT molecular complexity index is 595. The van der Waals surface area contributed by atoms with Crippen LogP contribution < -0.4 is 15.4 Å². The Morgan fingerprint density at radius 1 is 1.38 bits per heavy atom. The van der Waals surface area contributed by atoms with Crippen molar-refractivity contribution < 1.29 is 13.2 Å². The van der Waals surface area contributed by atoms with E-state index in [0.717, 1.165) is 25.6 Å². The Hall–Kier alpha value is -1.60. The molecule has 6 nitrogen and oxygen atoms in total. The quantitative estimate of drug-likeness (QED) is 0.743. The second-order valence-electron chi connectivity index (χ2n) is 5.34. The second-order valence-corrected chi connectivity index (χ2v) is 7.08.